The molecule has 2 saturated heterocycles. The second-order valence-electron chi connectivity index (χ2n) is 9.60. The minimum Gasteiger partial charge on any atom is -0.440 e. The van der Waals surface area contributed by atoms with Gasteiger partial charge in [0, 0.05) is 13.1 Å². The van der Waals surface area contributed by atoms with Crippen molar-refractivity contribution in [1.29, 1.82) is 0 Å². The summed E-state index contributed by atoms with van der Waals surface area (Å²) in [4.78, 5) is 80.0. The van der Waals surface area contributed by atoms with E-state index in [1.54, 1.807) is 72.2 Å². The molecule has 2 aliphatic heterocycles. The molecule has 4 rings (SSSR count). The van der Waals surface area contributed by atoms with E-state index in [4.69, 9.17) is 9.47 Å². The predicted molar refractivity (Wildman–Crippen MR) is 140 cm³/mol. The highest BCUT2D eigenvalue weighted by Crippen LogP contribution is 2.13. The molecule has 210 valence electrons. The van der Waals surface area contributed by atoms with Gasteiger partial charge in [0.2, 0.25) is 23.6 Å². The van der Waals surface area contributed by atoms with Gasteiger partial charge < -0.3 is 9.47 Å². The minimum atomic E-state index is -0.625. The molecule has 0 aromatic heterocycles. The van der Waals surface area contributed by atoms with Crippen LogP contribution < -0.4 is 0 Å². The summed E-state index contributed by atoms with van der Waals surface area (Å²) in [5, 5.41) is 0. The number of imide groups is 2. The molecule has 2 heterocycles. The number of hydrogen-bond donors (Lipinski definition) is 0. The van der Waals surface area contributed by atoms with Gasteiger partial charge in [0.05, 0.1) is 37.3 Å². The number of esters is 2. The fraction of sp³-hybridized carbons (Fsp3) is 0.357. The van der Waals surface area contributed by atoms with E-state index in [1.807, 2.05) is 0 Å². The van der Waals surface area contributed by atoms with E-state index in [0.29, 0.717) is 11.1 Å². The van der Waals surface area contributed by atoms with Crippen molar-refractivity contribution >= 4 is 35.6 Å². The summed E-state index contributed by atoms with van der Waals surface area (Å²) in [6.07, 6.45) is 0. The first-order valence-corrected chi connectivity index (χ1v) is 12.7. The van der Waals surface area contributed by atoms with Crippen molar-refractivity contribution in [2.45, 2.75) is 13.8 Å². The zero-order valence-corrected chi connectivity index (χ0v) is 22.3. The Labute approximate surface area is 231 Å². The summed E-state index contributed by atoms with van der Waals surface area (Å²) in [5.74, 6) is -3.30. The maximum absolute atomic E-state index is 12.6. The predicted octanol–water partition coefficient (Wildman–Crippen LogP) is 0.574. The van der Waals surface area contributed by atoms with Gasteiger partial charge in [-0.3, -0.25) is 29.0 Å². The van der Waals surface area contributed by atoms with Crippen LogP contribution >= 0.6 is 0 Å². The molecular formula is C28H30N4O8. The zero-order valence-electron chi connectivity index (χ0n) is 22.3. The number of piperazine rings is 2. The first-order chi connectivity index (χ1) is 19.1. The summed E-state index contributed by atoms with van der Waals surface area (Å²) in [6.45, 7) is 2.77. The highest BCUT2D eigenvalue weighted by atomic mass is 16.6. The molecule has 0 saturated carbocycles. The van der Waals surface area contributed by atoms with Crippen molar-refractivity contribution in [3.8, 4) is 0 Å². The average molecular weight is 551 g/mol. The smallest absolute Gasteiger partial charge is 0.340 e. The lowest BCUT2D eigenvalue weighted by atomic mass is 10.1. The van der Waals surface area contributed by atoms with E-state index in [2.05, 4.69) is 0 Å². The molecule has 0 spiro atoms. The van der Waals surface area contributed by atoms with E-state index in [9.17, 15) is 28.8 Å². The number of carbonyl (C=O) groups is 6. The number of hydrogen-bond acceptors (Lipinski definition) is 10. The molecule has 4 amide bonds. The van der Waals surface area contributed by atoms with Crippen LogP contribution in [0.3, 0.4) is 0 Å². The minimum absolute atomic E-state index is 0.0790. The molecule has 2 aromatic rings. The third-order valence-electron chi connectivity index (χ3n) is 6.75. The highest BCUT2D eigenvalue weighted by Gasteiger charge is 2.34. The number of amides is 4. The summed E-state index contributed by atoms with van der Waals surface area (Å²) in [6, 6.07) is 13.7. The molecular weight excluding hydrogens is 520 g/mol. The number of rotatable bonds is 9. The zero-order chi connectivity index (χ0) is 28.8. The van der Waals surface area contributed by atoms with Crippen LogP contribution in [0.1, 0.15) is 31.8 Å². The van der Waals surface area contributed by atoms with Gasteiger partial charge in [-0.2, -0.15) is 0 Å². The van der Waals surface area contributed by atoms with Gasteiger partial charge in [0.15, 0.2) is 13.5 Å². The largest absolute Gasteiger partial charge is 0.440 e. The Morgan fingerprint density at radius 2 is 0.925 bits per heavy atom. The van der Waals surface area contributed by atoms with Crippen LogP contribution in [0.15, 0.2) is 48.5 Å². The van der Waals surface area contributed by atoms with Crippen molar-refractivity contribution < 1.29 is 38.2 Å². The van der Waals surface area contributed by atoms with Gasteiger partial charge in [-0.05, 0) is 37.1 Å². The first kappa shape index (κ1) is 28.6. The molecule has 0 bridgehead atoms. The molecule has 12 heteroatoms. The van der Waals surface area contributed by atoms with Crippen LogP contribution in [0.25, 0.3) is 0 Å². The molecule has 0 radical (unpaired) electrons. The van der Waals surface area contributed by atoms with Crippen LogP contribution in [-0.4, -0.2) is 108 Å². The highest BCUT2D eigenvalue weighted by molar-refractivity contribution is 6.00. The third kappa shape index (κ3) is 6.77. The standard InChI is InChI=1S/C28H30N4O8/c1-19-7-3-5-9-21(19)27(37)39-17-31-23(33)13-29(14-24(31)34)11-12-30-15-25(35)32(26(36)16-30)18-40-28(38)22-10-6-4-8-20(22)2/h3-10H,11-18H2,1-2H3. The number of benzene rings is 2. The normalized spacial score (nSPS) is 16.9. The molecule has 40 heavy (non-hydrogen) atoms. The molecule has 0 aliphatic carbocycles. The van der Waals surface area contributed by atoms with Gasteiger partial charge >= 0.3 is 11.9 Å². The van der Waals surface area contributed by atoms with Crippen molar-refractivity contribution in [1.82, 2.24) is 19.6 Å². The maximum Gasteiger partial charge on any atom is 0.340 e. The summed E-state index contributed by atoms with van der Waals surface area (Å²) >= 11 is 0. The Balaban J connectivity index is 1.21. The fourth-order valence-electron chi connectivity index (χ4n) is 4.39. The van der Waals surface area contributed by atoms with Crippen LogP contribution in [0.4, 0.5) is 0 Å². The third-order valence-corrected chi connectivity index (χ3v) is 6.75. The lowest BCUT2D eigenvalue weighted by molar-refractivity contribution is -0.159. The van der Waals surface area contributed by atoms with Crippen LogP contribution in [0, 0.1) is 13.8 Å². The molecule has 12 nitrogen and oxygen atoms in total. The Kier molecular flexibility index (Phi) is 9.02. The van der Waals surface area contributed by atoms with E-state index in [-0.39, 0.29) is 39.3 Å². The van der Waals surface area contributed by atoms with E-state index in [1.165, 1.54) is 0 Å². The molecule has 2 aliphatic rings. The lowest BCUT2D eigenvalue weighted by Gasteiger charge is -2.35. The number of aryl methyl sites for hydroxylation is 2. The SMILES string of the molecule is Cc1ccccc1C(=O)OCN1C(=O)CN(CCN2CC(=O)N(COC(=O)c3ccccc3C)C(=O)C2)CC1=O. The Bertz CT molecular complexity index is 1210. The average Bonchev–Trinajstić information content (AvgIpc) is 2.91. The monoisotopic (exact) mass is 550 g/mol. The summed E-state index contributed by atoms with van der Waals surface area (Å²) in [5.41, 5.74) is 2.15. The second-order valence-corrected chi connectivity index (χ2v) is 9.60. The fourth-order valence-corrected chi connectivity index (χ4v) is 4.39. The van der Waals surface area contributed by atoms with Gasteiger partial charge in [0.25, 0.3) is 0 Å². The topological polar surface area (TPSA) is 134 Å². The Morgan fingerprint density at radius 1 is 0.600 bits per heavy atom. The van der Waals surface area contributed by atoms with Crippen LogP contribution in [0.2, 0.25) is 0 Å². The van der Waals surface area contributed by atoms with Gasteiger partial charge in [-0.25, -0.2) is 19.4 Å². The first-order valence-electron chi connectivity index (χ1n) is 12.7. The van der Waals surface area contributed by atoms with Crippen molar-refractivity contribution in [2.75, 3.05) is 52.7 Å². The lowest BCUT2D eigenvalue weighted by Crippen LogP contribution is -2.58. The Hall–Kier alpha value is -4.42. The molecule has 2 fully saturated rings. The van der Waals surface area contributed by atoms with Gasteiger partial charge in [0.1, 0.15) is 0 Å². The van der Waals surface area contributed by atoms with Gasteiger partial charge in [-0.1, -0.05) is 36.4 Å². The Morgan fingerprint density at radius 3 is 1.25 bits per heavy atom. The van der Waals surface area contributed by atoms with E-state index >= 15 is 0 Å². The molecule has 0 N–H and O–H groups in total. The second kappa shape index (κ2) is 12.6. The number of ether oxygens (including phenoxy) is 2. The van der Waals surface area contributed by atoms with Crippen molar-refractivity contribution in [3.63, 3.8) is 0 Å². The summed E-state index contributed by atoms with van der Waals surface area (Å²) in [7, 11) is 0. The molecule has 0 unspecified atom stereocenters. The van der Waals surface area contributed by atoms with Crippen LogP contribution in [-0.2, 0) is 28.7 Å². The number of nitrogens with zero attached hydrogens (tertiary/aromatic N) is 4. The maximum atomic E-state index is 12.6. The van der Waals surface area contributed by atoms with E-state index < -0.39 is 49.0 Å². The van der Waals surface area contributed by atoms with Crippen LogP contribution in [0.5, 0.6) is 0 Å². The van der Waals surface area contributed by atoms with E-state index in [0.717, 1.165) is 20.9 Å². The molecule has 0 atom stereocenters. The summed E-state index contributed by atoms with van der Waals surface area (Å²) < 4.78 is 10.4. The quantitative estimate of drug-likeness (QED) is 0.322. The van der Waals surface area contributed by atoms with Gasteiger partial charge in [-0.15, -0.1) is 0 Å². The number of carbonyl (C=O) groups excluding carboxylic acids is 6. The van der Waals surface area contributed by atoms with Crippen molar-refractivity contribution in [2.24, 2.45) is 0 Å². The van der Waals surface area contributed by atoms with Crippen molar-refractivity contribution in [3.05, 3.63) is 70.8 Å². The molecule has 2 aromatic carbocycles.